The van der Waals surface area contributed by atoms with Crippen molar-refractivity contribution >= 4 is 46.4 Å². The van der Waals surface area contributed by atoms with Crippen LogP contribution in [0.4, 0.5) is 16.2 Å². The predicted molar refractivity (Wildman–Crippen MR) is 104 cm³/mol. The Morgan fingerprint density at radius 2 is 1.76 bits per heavy atom. The van der Waals surface area contributed by atoms with Gasteiger partial charge in [-0.3, -0.25) is 4.52 Å². The molecule has 17 nitrogen and oxygen atoms in total. The number of alkyl halides is 1. The molecule has 2 saturated carbocycles. The van der Waals surface area contributed by atoms with E-state index >= 15 is 4.39 Å². The van der Waals surface area contributed by atoms with Crippen molar-refractivity contribution in [1.29, 1.82) is 0 Å². The van der Waals surface area contributed by atoms with E-state index in [1.165, 1.54) is 17.8 Å². The zero-order valence-electron chi connectivity index (χ0n) is 16.3. The highest BCUT2D eigenvalue weighted by atomic mass is 31.3. The van der Waals surface area contributed by atoms with E-state index < -0.39 is 59.2 Å². The molecule has 0 bridgehead atoms. The van der Waals surface area contributed by atoms with Crippen molar-refractivity contribution in [2.24, 2.45) is 11.8 Å². The Morgan fingerprint density at radius 3 is 2.30 bits per heavy atom. The van der Waals surface area contributed by atoms with E-state index in [2.05, 4.69) is 28.1 Å². The van der Waals surface area contributed by atoms with E-state index in [4.69, 9.17) is 21.3 Å². The number of phosphoric ester groups is 1. The molecule has 21 heteroatoms. The van der Waals surface area contributed by atoms with E-state index in [0.717, 1.165) is 0 Å². The Bertz CT molecular complexity index is 1270. The molecule has 8 atom stereocenters. The fourth-order valence-corrected chi connectivity index (χ4v) is 7.59. The van der Waals surface area contributed by atoms with Gasteiger partial charge in [-0.15, -0.1) is 0 Å². The highest BCUT2D eigenvalue weighted by Crippen LogP contribution is 2.72. The lowest BCUT2D eigenvalue weighted by Gasteiger charge is -2.27. The maximum atomic E-state index is 15.4. The molecule has 0 amide bonds. The first-order valence-electron chi connectivity index (χ1n) is 8.91. The van der Waals surface area contributed by atoms with Crippen LogP contribution in [0.15, 0.2) is 6.33 Å². The molecule has 0 aliphatic heterocycles. The Kier molecular flexibility index (Phi) is 5.56. The SMILES string of the molecule is C[C@H]1[C@@H](n2cnc3c(N)nc(N)nc32)[C@H](F)[C@@]2(O)C(OP(=O)(O)OP(=O)(O)OP(=O)(O)O)[C@@H]12. The zero-order chi connectivity index (χ0) is 24.7. The highest BCUT2D eigenvalue weighted by molar-refractivity contribution is 7.66. The molecule has 2 aromatic heterocycles. The first-order valence-corrected chi connectivity index (χ1v) is 13.4. The first kappa shape index (κ1) is 24.6. The van der Waals surface area contributed by atoms with Gasteiger partial charge < -0.3 is 40.7 Å². The second-order valence-electron chi connectivity index (χ2n) is 7.57. The molecule has 2 aliphatic rings. The van der Waals surface area contributed by atoms with Crippen LogP contribution in [0.1, 0.15) is 13.0 Å². The second kappa shape index (κ2) is 7.47. The van der Waals surface area contributed by atoms with Crippen molar-refractivity contribution in [3.8, 4) is 0 Å². The average molecular weight is 534 g/mol. The molecule has 4 rings (SSSR count). The van der Waals surface area contributed by atoms with Gasteiger partial charge in [0, 0.05) is 5.92 Å². The Morgan fingerprint density at radius 1 is 1.12 bits per heavy atom. The molecule has 2 fully saturated rings. The molecular weight excluding hydrogens is 516 g/mol. The van der Waals surface area contributed by atoms with Crippen LogP contribution in [0.3, 0.4) is 0 Å². The Labute approximate surface area is 183 Å². The second-order valence-corrected chi connectivity index (χ2v) is 11.9. The van der Waals surface area contributed by atoms with Gasteiger partial charge in [-0.05, 0) is 5.92 Å². The number of fused-ring (bicyclic) bond motifs is 2. The number of hydrogen-bond donors (Lipinski definition) is 7. The minimum absolute atomic E-state index is 0.0493. The minimum Gasteiger partial charge on any atom is -0.384 e. The van der Waals surface area contributed by atoms with E-state index in [1.807, 2.05) is 0 Å². The molecule has 33 heavy (non-hydrogen) atoms. The lowest BCUT2D eigenvalue weighted by molar-refractivity contribution is 0.00130. The molecule has 2 heterocycles. The molecule has 0 saturated heterocycles. The van der Waals surface area contributed by atoms with Crippen molar-refractivity contribution in [3.63, 3.8) is 0 Å². The van der Waals surface area contributed by atoms with Gasteiger partial charge in [0.05, 0.1) is 12.4 Å². The summed E-state index contributed by atoms with van der Waals surface area (Å²) in [5.74, 6) is -2.10. The van der Waals surface area contributed by atoms with E-state index in [0.29, 0.717) is 0 Å². The fraction of sp³-hybridized carbons (Fsp3) is 0.583. The molecule has 0 radical (unpaired) electrons. The summed E-state index contributed by atoms with van der Waals surface area (Å²) in [7, 11) is -16.9. The van der Waals surface area contributed by atoms with Crippen LogP contribution in [0.2, 0.25) is 0 Å². The van der Waals surface area contributed by atoms with Crippen LogP contribution < -0.4 is 11.5 Å². The topological polar surface area (TPSA) is 276 Å². The summed E-state index contributed by atoms with van der Waals surface area (Å²) in [6.07, 6.45) is -2.55. The van der Waals surface area contributed by atoms with Crippen LogP contribution in [-0.2, 0) is 26.8 Å². The summed E-state index contributed by atoms with van der Waals surface area (Å²) in [6.45, 7) is 1.50. The summed E-state index contributed by atoms with van der Waals surface area (Å²) in [4.78, 5) is 47.8. The van der Waals surface area contributed by atoms with Crippen LogP contribution in [0.5, 0.6) is 0 Å². The largest absolute Gasteiger partial charge is 0.490 e. The molecule has 0 spiro atoms. The highest BCUT2D eigenvalue weighted by Gasteiger charge is 2.80. The fourth-order valence-electron chi connectivity index (χ4n) is 4.34. The lowest BCUT2D eigenvalue weighted by atomic mass is 9.98. The van der Waals surface area contributed by atoms with Crippen molar-refractivity contribution in [3.05, 3.63) is 6.33 Å². The van der Waals surface area contributed by atoms with Crippen LogP contribution in [0.25, 0.3) is 11.2 Å². The van der Waals surface area contributed by atoms with Crippen LogP contribution >= 0.6 is 23.5 Å². The Balaban J connectivity index is 1.55. The monoisotopic (exact) mass is 534 g/mol. The number of aromatic nitrogens is 4. The summed E-state index contributed by atoms with van der Waals surface area (Å²) < 4.78 is 62.8. The average Bonchev–Trinajstić information content (AvgIpc) is 2.87. The smallest absolute Gasteiger partial charge is 0.384 e. The van der Waals surface area contributed by atoms with Crippen LogP contribution in [-0.4, -0.2) is 62.1 Å². The first-order chi connectivity index (χ1) is 15.0. The van der Waals surface area contributed by atoms with Gasteiger partial charge in [0.15, 0.2) is 17.6 Å². The zero-order valence-corrected chi connectivity index (χ0v) is 19.0. The number of hydrogen-bond acceptors (Lipinski definition) is 12. The van der Waals surface area contributed by atoms with Gasteiger partial charge in [0.1, 0.15) is 17.2 Å². The summed E-state index contributed by atoms with van der Waals surface area (Å²) in [5, 5.41) is 10.8. The third-order valence-corrected chi connectivity index (χ3v) is 9.32. The third-order valence-electron chi connectivity index (χ3n) is 5.50. The number of aliphatic hydroxyl groups is 1. The molecule has 184 valence electrons. The van der Waals surface area contributed by atoms with Crippen molar-refractivity contribution in [2.45, 2.75) is 30.8 Å². The molecule has 2 aromatic rings. The molecule has 0 aromatic carbocycles. The van der Waals surface area contributed by atoms with Crippen molar-refractivity contribution in [2.75, 3.05) is 11.5 Å². The van der Waals surface area contributed by atoms with Crippen molar-refractivity contribution < 1.29 is 55.9 Å². The quantitative estimate of drug-likeness (QED) is 0.222. The maximum absolute atomic E-state index is 15.4. The standard InChI is InChI=1S/C12H18FN6O11P3/c1-3-4-8(28-32(24,25)30-33(26,27)29-31(21,22)23)12(4,20)7(13)6(3)19-2-16-5-9(14)17-11(15)18-10(5)19/h2-4,6-8,20H,1H3,(H,24,25)(H,26,27)(H2,21,22,23)(H4,14,15,17,18)/t3-,4-,6-,7+,8?,12-/m1/s1. The predicted octanol–water partition coefficient (Wildman–Crippen LogP) is -0.408. The number of halogens is 1. The number of rotatable bonds is 7. The van der Waals surface area contributed by atoms with E-state index in [-0.39, 0.29) is 22.9 Å². The molecular formula is C12H18FN6O11P3. The summed E-state index contributed by atoms with van der Waals surface area (Å²) >= 11 is 0. The molecule has 3 unspecified atom stereocenters. The molecule has 9 N–H and O–H groups in total. The van der Waals surface area contributed by atoms with Crippen molar-refractivity contribution in [1.82, 2.24) is 19.5 Å². The van der Waals surface area contributed by atoms with Gasteiger partial charge >= 0.3 is 23.5 Å². The number of nitrogens with two attached hydrogens (primary N) is 2. The van der Waals surface area contributed by atoms with Gasteiger partial charge in [-0.1, -0.05) is 6.92 Å². The van der Waals surface area contributed by atoms with Gasteiger partial charge in [-0.2, -0.15) is 18.6 Å². The number of nitrogens with zero attached hydrogens (tertiary/aromatic N) is 4. The number of nitrogen functional groups attached to an aromatic ring is 2. The lowest BCUT2D eigenvalue weighted by Crippen LogP contribution is -2.35. The normalized spacial score (nSPS) is 35.2. The van der Waals surface area contributed by atoms with Crippen LogP contribution in [0, 0.1) is 11.8 Å². The van der Waals surface area contributed by atoms with E-state index in [1.54, 1.807) is 0 Å². The molecule has 2 aliphatic carbocycles. The maximum Gasteiger partial charge on any atom is 0.490 e. The van der Waals surface area contributed by atoms with Gasteiger partial charge in [-0.25, -0.2) is 23.1 Å². The minimum atomic E-state index is -5.76. The number of anilines is 2. The summed E-state index contributed by atoms with van der Waals surface area (Å²) in [5.41, 5.74) is 9.24. The van der Waals surface area contributed by atoms with Gasteiger partial charge in [0.25, 0.3) is 0 Å². The van der Waals surface area contributed by atoms with Gasteiger partial charge in [0.2, 0.25) is 5.95 Å². The summed E-state index contributed by atoms with van der Waals surface area (Å²) in [6, 6.07) is -1.08. The number of imidazole rings is 1. The van der Waals surface area contributed by atoms with E-state index in [9.17, 15) is 28.6 Å². The third kappa shape index (κ3) is 4.22. The number of phosphoric acid groups is 3. The Hall–Kier alpha value is -1.55.